The zero-order chi connectivity index (χ0) is 11.8. The first-order valence-corrected chi connectivity index (χ1v) is 7.08. The molecular weight excluding hydrogens is 196 g/mol. The van der Waals surface area contributed by atoms with Crippen LogP contribution in [-0.2, 0) is 0 Å². The lowest BCUT2D eigenvalue weighted by Gasteiger charge is -2.27. The van der Waals surface area contributed by atoms with Crippen LogP contribution in [0.15, 0.2) is 0 Å². The van der Waals surface area contributed by atoms with Crippen LogP contribution in [0.1, 0.15) is 51.9 Å². The molecule has 0 amide bonds. The van der Waals surface area contributed by atoms with E-state index in [1.807, 2.05) is 0 Å². The smallest absolute Gasteiger partial charge is 0.00362 e. The minimum absolute atomic E-state index is 0.670. The van der Waals surface area contributed by atoms with E-state index >= 15 is 0 Å². The van der Waals surface area contributed by atoms with Gasteiger partial charge in [-0.3, -0.25) is 0 Å². The van der Waals surface area contributed by atoms with Crippen LogP contribution in [0.2, 0.25) is 0 Å². The van der Waals surface area contributed by atoms with Gasteiger partial charge in [0, 0.05) is 12.6 Å². The Hall–Kier alpha value is -0.0800. The molecule has 0 aromatic rings. The summed E-state index contributed by atoms with van der Waals surface area (Å²) in [5.74, 6) is 0.987. The predicted molar refractivity (Wildman–Crippen MR) is 71.8 cm³/mol. The maximum atomic E-state index is 3.30. The van der Waals surface area contributed by atoms with Crippen molar-refractivity contribution in [3.05, 3.63) is 0 Å². The van der Waals surface area contributed by atoms with E-state index < -0.39 is 0 Å². The monoisotopic (exact) mass is 226 g/mol. The van der Waals surface area contributed by atoms with Crippen molar-refractivity contribution in [2.24, 2.45) is 5.92 Å². The van der Waals surface area contributed by atoms with Crippen LogP contribution < -0.4 is 5.32 Å². The summed E-state index contributed by atoms with van der Waals surface area (Å²) in [4.78, 5) is 2.54. The van der Waals surface area contributed by atoms with Crippen LogP contribution in [0.4, 0.5) is 0 Å². The molecule has 1 aliphatic carbocycles. The molecule has 0 aromatic heterocycles. The van der Waals surface area contributed by atoms with Crippen molar-refractivity contribution in [3.63, 3.8) is 0 Å². The maximum absolute atomic E-state index is 3.30. The number of nitrogens with one attached hydrogen (secondary N) is 1. The molecule has 1 N–H and O–H groups in total. The fraction of sp³-hybridized carbons (Fsp3) is 1.00. The molecule has 1 saturated carbocycles. The van der Waals surface area contributed by atoms with E-state index in [0.717, 1.165) is 5.92 Å². The zero-order valence-electron chi connectivity index (χ0n) is 11.5. The van der Waals surface area contributed by atoms with Gasteiger partial charge in [-0.2, -0.15) is 0 Å². The molecule has 0 saturated heterocycles. The third-order valence-corrected chi connectivity index (χ3v) is 3.96. The van der Waals surface area contributed by atoms with E-state index in [0.29, 0.717) is 6.04 Å². The SMILES string of the molecule is CNC(C)CCCN(C)CC1CCCCC1. The van der Waals surface area contributed by atoms with E-state index in [1.165, 1.54) is 58.0 Å². The summed E-state index contributed by atoms with van der Waals surface area (Å²) in [5.41, 5.74) is 0. The van der Waals surface area contributed by atoms with Crippen LogP contribution in [0.25, 0.3) is 0 Å². The third kappa shape index (κ3) is 5.86. The third-order valence-electron chi connectivity index (χ3n) is 3.96. The molecule has 0 heterocycles. The summed E-state index contributed by atoms with van der Waals surface area (Å²) in [5, 5.41) is 3.30. The zero-order valence-corrected chi connectivity index (χ0v) is 11.5. The highest BCUT2D eigenvalue weighted by Gasteiger charge is 2.14. The van der Waals surface area contributed by atoms with Crippen molar-refractivity contribution in [2.45, 2.75) is 57.9 Å². The van der Waals surface area contributed by atoms with E-state index in [2.05, 4.69) is 31.2 Å². The summed E-state index contributed by atoms with van der Waals surface area (Å²) in [6.07, 6.45) is 9.97. The van der Waals surface area contributed by atoms with Crippen molar-refractivity contribution in [1.29, 1.82) is 0 Å². The van der Waals surface area contributed by atoms with Crippen molar-refractivity contribution >= 4 is 0 Å². The Morgan fingerprint density at radius 2 is 1.94 bits per heavy atom. The minimum atomic E-state index is 0.670. The molecule has 0 bridgehead atoms. The molecule has 1 rings (SSSR count). The second kappa shape index (κ2) is 8.08. The van der Waals surface area contributed by atoms with Crippen LogP contribution in [-0.4, -0.2) is 38.1 Å². The Balaban J connectivity index is 2.03. The lowest BCUT2D eigenvalue weighted by Crippen LogP contribution is -2.29. The first-order valence-electron chi connectivity index (χ1n) is 7.08. The Morgan fingerprint density at radius 1 is 1.25 bits per heavy atom. The quantitative estimate of drug-likeness (QED) is 0.718. The van der Waals surface area contributed by atoms with Crippen molar-refractivity contribution in [2.75, 3.05) is 27.2 Å². The fourth-order valence-corrected chi connectivity index (χ4v) is 2.71. The van der Waals surface area contributed by atoms with Gasteiger partial charge in [0.15, 0.2) is 0 Å². The first-order chi connectivity index (χ1) is 7.72. The second-order valence-electron chi connectivity index (χ2n) is 5.60. The molecule has 2 heteroatoms. The first kappa shape index (κ1) is 14.0. The number of nitrogens with zero attached hydrogens (tertiary/aromatic N) is 1. The van der Waals surface area contributed by atoms with Gasteiger partial charge in [0.25, 0.3) is 0 Å². The molecule has 1 atom stereocenters. The fourth-order valence-electron chi connectivity index (χ4n) is 2.71. The highest BCUT2D eigenvalue weighted by molar-refractivity contribution is 4.69. The van der Waals surface area contributed by atoms with Crippen molar-refractivity contribution < 1.29 is 0 Å². The van der Waals surface area contributed by atoms with E-state index in [1.54, 1.807) is 0 Å². The van der Waals surface area contributed by atoms with Gasteiger partial charge in [-0.1, -0.05) is 19.3 Å². The molecular formula is C14H30N2. The van der Waals surface area contributed by atoms with Gasteiger partial charge < -0.3 is 10.2 Å². The highest BCUT2D eigenvalue weighted by atomic mass is 15.1. The highest BCUT2D eigenvalue weighted by Crippen LogP contribution is 2.24. The van der Waals surface area contributed by atoms with Gasteiger partial charge in [-0.05, 0) is 59.2 Å². The van der Waals surface area contributed by atoms with Gasteiger partial charge in [0.1, 0.15) is 0 Å². The average molecular weight is 226 g/mol. The molecule has 1 fully saturated rings. The summed E-state index contributed by atoms with van der Waals surface area (Å²) >= 11 is 0. The predicted octanol–water partition coefficient (Wildman–Crippen LogP) is 2.89. The number of hydrogen-bond donors (Lipinski definition) is 1. The Morgan fingerprint density at radius 3 is 2.56 bits per heavy atom. The molecule has 0 aliphatic heterocycles. The van der Waals surface area contributed by atoms with Gasteiger partial charge >= 0.3 is 0 Å². The van der Waals surface area contributed by atoms with Gasteiger partial charge in [-0.25, -0.2) is 0 Å². The standard InChI is InChI=1S/C14H30N2/c1-13(15-2)8-7-11-16(3)12-14-9-5-4-6-10-14/h13-15H,4-12H2,1-3H3. The van der Waals surface area contributed by atoms with Crippen LogP contribution >= 0.6 is 0 Å². The van der Waals surface area contributed by atoms with E-state index in [4.69, 9.17) is 0 Å². The Labute approximate surface area is 102 Å². The van der Waals surface area contributed by atoms with Gasteiger partial charge in [0.2, 0.25) is 0 Å². The van der Waals surface area contributed by atoms with Crippen LogP contribution in [0, 0.1) is 5.92 Å². The molecule has 0 spiro atoms. The van der Waals surface area contributed by atoms with Gasteiger partial charge in [-0.15, -0.1) is 0 Å². The normalized spacial score (nSPS) is 20.2. The number of rotatable bonds is 7. The van der Waals surface area contributed by atoms with E-state index in [9.17, 15) is 0 Å². The second-order valence-corrected chi connectivity index (χ2v) is 5.60. The summed E-state index contributed by atoms with van der Waals surface area (Å²) in [6.45, 7) is 4.86. The van der Waals surface area contributed by atoms with Crippen LogP contribution in [0.5, 0.6) is 0 Å². The Kier molecular flexibility index (Phi) is 7.06. The van der Waals surface area contributed by atoms with Gasteiger partial charge in [0.05, 0.1) is 0 Å². The average Bonchev–Trinajstić information content (AvgIpc) is 2.30. The summed E-state index contributed by atoms with van der Waals surface area (Å²) in [7, 11) is 4.34. The largest absolute Gasteiger partial charge is 0.317 e. The number of hydrogen-bond acceptors (Lipinski definition) is 2. The molecule has 2 nitrogen and oxygen atoms in total. The molecule has 1 unspecified atom stereocenters. The maximum Gasteiger partial charge on any atom is 0.00362 e. The molecule has 1 aliphatic rings. The lowest BCUT2D eigenvalue weighted by molar-refractivity contribution is 0.229. The molecule has 16 heavy (non-hydrogen) atoms. The minimum Gasteiger partial charge on any atom is -0.317 e. The summed E-state index contributed by atoms with van der Waals surface area (Å²) < 4.78 is 0. The Bertz CT molecular complexity index is 164. The molecule has 0 radical (unpaired) electrons. The van der Waals surface area contributed by atoms with E-state index in [-0.39, 0.29) is 0 Å². The van der Waals surface area contributed by atoms with Crippen molar-refractivity contribution in [3.8, 4) is 0 Å². The summed E-state index contributed by atoms with van der Waals surface area (Å²) in [6, 6.07) is 0.670. The topological polar surface area (TPSA) is 15.3 Å². The molecule has 0 aromatic carbocycles. The van der Waals surface area contributed by atoms with Crippen molar-refractivity contribution in [1.82, 2.24) is 10.2 Å². The van der Waals surface area contributed by atoms with Crippen LogP contribution in [0.3, 0.4) is 0 Å². The molecule has 96 valence electrons. The lowest BCUT2D eigenvalue weighted by atomic mass is 9.89.